The molecular formula is C22H25N3O. The molecule has 4 heteroatoms. The summed E-state index contributed by atoms with van der Waals surface area (Å²) in [6, 6.07) is 17.1. The van der Waals surface area contributed by atoms with Gasteiger partial charge in [-0.05, 0) is 66.7 Å². The molecular weight excluding hydrogens is 322 g/mol. The number of nitrogens with zero attached hydrogens (tertiary/aromatic N) is 2. The summed E-state index contributed by atoms with van der Waals surface area (Å²) in [7, 11) is 4.03. The van der Waals surface area contributed by atoms with E-state index in [1.54, 1.807) is 0 Å². The first-order valence-electron chi connectivity index (χ1n) is 9.24. The zero-order valence-electron chi connectivity index (χ0n) is 15.4. The Balaban J connectivity index is 1.56. The molecule has 2 aromatic carbocycles. The largest absolute Gasteiger partial charge is 0.490 e. The van der Waals surface area contributed by atoms with Crippen LogP contribution in [0.3, 0.4) is 0 Å². The van der Waals surface area contributed by atoms with E-state index in [9.17, 15) is 0 Å². The van der Waals surface area contributed by atoms with Crippen LogP contribution in [0.4, 0.5) is 5.82 Å². The van der Waals surface area contributed by atoms with Crippen LogP contribution in [-0.2, 0) is 0 Å². The molecule has 0 atom stereocenters. The van der Waals surface area contributed by atoms with Gasteiger partial charge in [-0.2, -0.15) is 0 Å². The Hall–Kier alpha value is -2.59. The number of anilines is 1. The van der Waals surface area contributed by atoms with Gasteiger partial charge in [-0.25, -0.2) is 4.98 Å². The highest BCUT2D eigenvalue weighted by Gasteiger charge is 2.14. The molecule has 0 radical (unpaired) electrons. The van der Waals surface area contributed by atoms with Crippen LogP contribution >= 0.6 is 0 Å². The molecule has 0 unspecified atom stereocenters. The Morgan fingerprint density at radius 2 is 1.65 bits per heavy atom. The minimum Gasteiger partial charge on any atom is -0.490 e. The number of piperidine rings is 1. The van der Waals surface area contributed by atoms with Gasteiger partial charge in [-0.3, -0.25) is 0 Å². The maximum Gasteiger partial charge on any atom is 0.128 e. The Morgan fingerprint density at radius 3 is 2.38 bits per heavy atom. The molecule has 1 aliphatic rings. The van der Waals surface area contributed by atoms with Gasteiger partial charge >= 0.3 is 0 Å². The van der Waals surface area contributed by atoms with Crippen LogP contribution in [0.15, 0.2) is 54.7 Å². The van der Waals surface area contributed by atoms with E-state index >= 15 is 0 Å². The first-order valence-corrected chi connectivity index (χ1v) is 9.24. The van der Waals surface area contributed by atoms with E-state index in [0.717, 1.165) is 42.9 Å². The minimum atomic E-state index is 0.333. The smallest absolute Gasteiger partial charge is 0.128 e. The van der Waals surface area contributed by atoms with Gasteiger partial charge in [0.25, 0.3) is 0 Å². The van der Waals surface area contributed by atoms with E-state index < -0.39 is 0 Å². The van der Waals surface area contributed by atoms with Gasteiger partial charge in [0.15, 0.2) is 0 Å². The number of rotatable bonds is 4. The van der Waals surface area contributed by atoms with Crippen molar-refractivity contribution in [2.24, 2.45) is 0 Å². The predicted octanol–water partition coefficient (Wildman–Crippen LogP) is 4.10. The van der Waals surface area contributed by atoms with Gasteiger partial charge in [-0.15, -0.1) is 0 Å². The maximum absolute atomic E-state index is 6.10. The van der Waals surface area contributed by atoms with Gasteiger partial charge in [0.2, 0.25) is 0 Å². The van der Waals surface area contributed by atoms with E-state index in [0.29, 0.717) is 6.10 Å². The Morgan fingerprint density at radius 1 is 0.923 bits per heavy atom. The standard InChI is InChI=1S/C22H25N3O/c1-25(2)22-14-19-13-17(3-4-18(19)15-24-22)16-5-7-20(8-6-16)26-21-9-11-23-12-10-21/h3-8,13-15,21,23H,9-12H2,1-2H3. The molecule has 1 fully saturated rings. The van der Waals surface area contributed by atoms with Gasteiger partial charge in [0.1, 0.15) is 17.7 Å². The number of pyridine rings is 1. The molecule has 0 aliphatic carbocycles. The summed E-state index contributed by atoms with van der Waals surface area (Å²) in [5.41, 5.74) is 2.41. The number of benzene rings is 2. The average molecular weight is 347 g/mol. The van der Waals surface area contributed by atoms with Gasteiger partial charge in [-0.1, -0.05) is 24.3 Å². The lowest BCUT2D eigenvalue weighted by atomic mass is 10.0. The fourth-order valence-electron chi connectivity index (χ4n) is 3.39. The molecule has 26 heavy (non-hydrogen) atoms. The van der Waals surface area contributed by atoms with E-state index in [-0.39, 0.29) is 0 Å². The molecule has 4 nitrogen and oxygen atoms in total. The molecule has 1 aliphatic heterocycles. The summed E-state index contributed by atoms with van der Waals surface area (Å²) >= 11 is 0. The van der Waals surface area contributed by atoms with E-state index in [1.165, 1.54) is 16.5 Å². The first kappa shape index (κ1) is 16.9. The molecule has 4 rings (SSSR count). The number of hydrogen-bond donors (Lipinski definition) is 1. The van der Waals surface area contributed by atoms with Crippen molar-refractivity contribution in [3.05, 3.63) is 54.7 Å². The van der Waals surface area contributed by atoms with E-state index in [2.05, 4.69) is 58.8 Å². The molecule has 134 valence electrons. The van der Waals surface area contributed by atoms with Gasteiger partial charge in [0.05, 0.1) is 0 Å². The van der Waals surface area contributed by atoms with Gasteiger partial charge < -0.3 is 15.0 Å². The number of nitrogens with one attached hydrogen (secondary N) is 1. The molecule has 0 bridgehead atoms. The quantitative estimate of drug-likeness (QED) is 0.771. The van der Waals surface area contributed by atoms with Crippen LogP contribution in [0.5, 0.6) is 5.75 Å². The third-order valence-electron chi connectivity index (χ3n) is 4.94. The van der Waals surface area contributed by atoms with Crippen molar-refractivity contribution in [1.29, 1.82) is 0 Å². The number of hydrogen-bond acceptors (Lipinski definition) is 4. The lowest BCUT2D eigenvalue weighted by Crippen LogP contribution is -2.34. The normalized spacial score (nSPS) is 15.2. The second-order valence-electron chi connectivity index (χ2n) is 7.09. The molecule has 0 amide bonds. The molecule has 1 saturated heterocycles. The van der Waals surface area contributed by atoms with Gasteiger partial charge in [0, 0.05) is 25.7 Å². The molecule has 0 saturated carbocycles. The second-order valence-corrected chi connectivity index (χ2v) is 7.09. The van der Waals surface area contributed by atoms with Crippen molar-refractivity contribution in [1.82, 2.24) is 10.3 Å². The maximum atomic E-state index is 6.10. The van der Waals surface area contributed by atoms with Crippen LogP contribution in [-0.4, -0.2) is 38.3 Å². The minimum absolute atomic E-state index is 0.333. The summed E-state index contributed by atoms with van der Waals surface area (Å²) in [5.74, 6) is 1.93. The number of fused-ring (bicyclic) bond motifs is 1. The Bertz CT molecular complexity index is 884. The highest BCUT2D eigenvalue weighted by molar-refractivity contribution is 5.88. The third kappa shape index (κ3) is 3.65. The van der Waals surface area contributed by atoms with Crippen LogP contribution < -0.4 is 15.0 Å². The van der Waals surface area contributed by atoms with Crippen LogP contribution in [0.1, 0.15) is 12.8 Å². The number of aromatic nitrogens is 1. The molecule has 2 heterocycles. The molecule has 1 aromatic heterocycles. The summed E-state index contributed by atoms with van der Waals surface area (Å²) in [6.45, 7) is 2.09. The second kappa shape index (κ2) is 7.34. The first-order chi connectivity index (χ1) is 12.7. The fourth-order valence-corrected chi connectivity index (χ4v) is 3.39. The van der Waals surface area contributed by atoms with Crippen molar-refractivity contribution < 1.29 is 4.74 Å². The van der Waals surface area contributed by atoms with Crippen molar-refractivity contribution in [3.63, 3.8) is 0 Å². The van der Waals surface area contributed by atoms with Crippen molar-refractivity contribution in [3.8, 4) is 16.9 Å². The zero-order valence-corrected chi connectivity index (χ0v) is 15.4. The molecule has 3 aromatic rings. The van der Waals surface area contributed by atoms with Crippen molar-refractivity contribution in [2.75, 3.05) is 32.1 Å². The lowest BCUT2D eigenvalue weighted by Gasteiger charge is -2.23. The summed E-state index contributed by atoms with van der Waals surface area (Å²) in [6.07, 6.45) is 4.42. The van der Waals surface area contributed by atoms with Crippen molar-refractivity contribution in [2.45, 2.75) is 18.9 Å². The lowest BCUT2D eigenvalue weighted by molar-refractivity contribution is 0.162. The number of ether oxygens (including phenoxy) is 1. The van der Waals surface area contributed by atoms with Crippen molar-refractivity contribution >= 4 is 16.6 Å². The summed E-state index contributed by atoms with van der Waals surface area (Å²) in [5, 5.41) is 5.73. The Kier molecular flexibility index (Phi) is 4.76. The highest BCUT2D eigenvalue weighted by Crippen LogP contribution is 2.28. The summed E-state index contributed by atoms with van der Waals surface area (Å²) < 4.78 is 6.10. The van der Waals surface area contributed by atoms with E-state index in [4.69, 9.17) is 4.74 Å². The van der Waals surface area contributed by atoms with Crippen LogP contribution in [0.2, 0.25) is 0 Å². The molecule has 1 N–H and O–H groups in total. The third-order valence-corrected chi connectivity index (χ3v) is 4.94. The fraction of sp³-hybridized carbons (Fsp3) is 0.318. The zero-order chi connectivity index (χ0) is 17.9. The van der Waals surface area contributed by atoms with Crippen LogP contribution in [0, 0.1) is 0 Å². The summed E-state index contributed by atoms with van der Waals surface area (Å²) in [4.78, 5) is 6.51. The Labute approximate surface area is 154 Å². The van der Waals surface area contributed by atoms with E-state index in [1.807, 2.05) is 25.2 Å². The molecule has 0 spiro atoms. The highest BCUT2D eigenvalue weighted by atomic mass is 16.5. The topological polar surface area (TPSA) is 37.4 Å². The van der Waals surface area contributed by atoms with Crippen LogP contribution in [0.25, 0.3) is 21.9 Å². The predicted molar refractivity (Wildman–Crippen MR) is 108 cm³/mol. The SMILES string of the molecule is CN(C)c1cc2cc(-c3ccc(OC4CCNCC4)cc3)ccc2cn1. The monoisotopic (exact) mass is 347 g/mol. The average Bonchev–Trinajstić information content (AvgIpc) is 2.68.